The maximum Gasteiger partial charge on any atom is 0.240 e. The number of hydrogen-bond acceptors (Lipinski definition) is 6. The van der Waals surface area contributed by atoms with Crippen LogP contribution in [0.3, 0.4) is 0 Å². The predicted octanol–water partition coefficient (Wildman–Crippen LogP) is 1.18. The van der Waals surface area contributed by atoms with E-state index in [-0.39, 0.29) is 5.92 Å². The number of sulfonamides is 1. The average molecular weight is 367 g/mol. The van der Waals surface area contributed by atoms with Crippen LogP contribution in [0.2, 0.25) is 0 Å². The van der Waals surface area contributed by atoms with Gasteiger partial charge >= 0.3 is 0 Å². The first-order valence-electron chi connectivity index (χ1n) is 8.39. The minimum absolute atomic E-state index is 0.161. The number of nitrogens with zero attached hydrogens (tertiary/aromatic N) is 5. The van der Waals surface area contributed by atoms with Gasteiger partial charge < -0.3 is 9.09 Å². The van der Waals surface area contributed by atoms with E-state index < -0.39 is 10.0 Å². The molecule has 1 fully saturated rings. The highest BCUT2D eigenvalue weighted by Gasteiger charge is 2.28. The lowest BCUT2D eigenvalue weighted by Gasteiger charge is -2.28. The third kappa shape index (κ3) is 4.47. The fourth-order valence-electron chi connectivity index (χ4n) is 3.17. The van der Waals surface area contributed by atoms with Gasteiger partial charge in [-0.25, -0.2) is 12.7 Å². The number of piperidine rings is 1. The summed E-state index contributed by atoms with van der Waals surface area (Å²) < 4.78 is 32.1. The lowest BCUT2D eigenvalue weighted by molar-refractivity contribution is 0.255. The molecule has 0 aliphatic carbocycles. The summed E-state index contributed by atoms with van der Waals surface area (Å²) >= 11 is 0. The molecule has 9 heteroatoms. The van der Waals surface area contributed by atoms with Gasteiger partial charge in [-0.2, -0.15) is 4.98 Å². The third-order valence-corrected chi connectivity index (χ3v) is 5.96. The smallest absolute Gasteiger partial charge is 0.240 e. The van der Waals surface area contributed by atoms with E-state index in [1.807, 2.05) is 26.4 Å². The van der Waals surface area contributed by atoms with Gasteiger partial charge in [-0.3, -0.25) is 4.90 Å². The monoisotopic (exact) mass is 367 g/mol. The van der Waals surface area contributed by atoms with Gasteiger partial charge in [-0.15, -0.1) is 0 Å². The maximum atomic E-state index is 11.6. The second-order valence-electron chi connectivity index (χ2n) is 6.77. The van der Waals surface area contributed by atoms with Crippen LogP contribution in [0.15, 0.2) is 22.9 Å². The zero-order valence-electron chi connectivity index (χ0n) is 14.9. The number of rotatable bonds is 6. The minimum Gasteiger partial charge on any atom is -0.353 e. The van der Waals surface area contributed by atoms with Crippen molar-refractivity contribution in [2.45, 2.75) is 31.8 Å². The first-order valence-corrected chi connectivity index (χ1v) is 10.2. The second-order valence-corrected chi connectivity index (χ2v) is 8.75. The number of hydrogen-bond donors (Lipinski definition) is 0. The van der Waals surface area contributed by atoms with Crippen molar-refractivity contribution in [3.8, 4) is 0 Å². The lowest BCUT2D eigenvalue weighted by Crippen LogP contribution is -2.37. The molecule has 2 aromatic heterocycles. The highest BCUT2D eigenvalue weighted by Crippen LogP contribution is 2.27. The van der Waals surface area contributed by atoms with Crippen molar-refractivity contribution in [1.82, 2.24) is 23.9 Å². The van der Waals surface area contributed by atoms with Crippen molar-refractivity contribution in [3.05, 3.63) is 35.7 Å². The van der Waals surface area contributed by atoms with E-state index in [9.17, 15) is 8.42 Å². The van der Waals surface area contributed by atoms with E-state index in [2.05, 4.69) is 25.7 Å². The summed E-state index contributed by atoms with van der Waals surface area (Å²) in [7, 11) is 0.930. The Hall–Kier alpha value is -1.71. The van der Waals surface area contributed by atoms with Gasteiger partial charge in [-0.05, 0) is 32.0 Å². The van der Waals surface area contributed by atoms with Crippen LogP contribution >= 0.6 is 0 Å². The summed E-state index contributed by atoms with van der Waals surface area (Å²) in [4.78, 5) is 6.64. The average Bonchev–Trinajstić information content (AvgIpc) is 3.16. The minimum atomic E-state index is -3.11. The van der Waals surface area contributed by atoms with Gasteiger partial charge in [0, 0.05) is 44.5 Å². The van der Waals surface area contributed by atoms with Gasteiger partial charge in [0.05, 0.1) is 12.8 Å². The van der Waals surface area contributed by atoms with Crippen LogP contribution in [0.1, 0.15) is 36.2 Å². The van der Waals surface area contributed by atoms with Crippen LogP contribution in [0.4, 0.5) is 0 Å². The van der Waals surface area contributed by atoms with Gasteiger partial charge in [0.2, 0.25) is 15.9 Å². The van der Waals surface area contributed by atoms with Gasteiger partial charge in [-0.1, -0.05) is 5.16 Å². The molecular formula is C16H25N5O3S. The summed E-state index contributed by atoms with van der Waals surface area (Å²) in [5.74, 6) is 1.45. The van der Waals surface area contributed by atoms with Gasteiger partial charge in [0.25, 0.3) is 0 Å². The Morgan fingerprint density at radius 2 is 2.04 bits per heavy atom. The molecule has 1 aliphatic heterocycles. The van der Waals surface area contributed by atoms with Crippen LogP contribution in [0.25, 0.3) is 0 Å². The van der Waals surface area contributed by atoms with Crippen molar-refractivity contribution < 1.29 is 12.9 Å². The van der Waals surface area contributed by atoms with Gasteiger partial charge in [0.15, 0.2) is 5.82 Å². The molecule has 0 atom stereocenters. The van der Waals surface area contributed by atoms with Crippen molar-refractivity contribution in [2.75, 3.05) is 26.4 Å². The quantitative estimate of drug-likeness (QED) is 0.762. The molecule has 8 nitrogen and oxygen atoms in total. The fourth-order valence-corrected chi connectivity index (χ4v) is 4.04. The van der Waals surface area contributed by atoms with E-state index in [0.717, 1.165) is 19.4 Å². The molecule has 25 heavy (non-hydrogen) atoms. The van der Waals surface area contributed by atoms with Crippen LogP contribution in [-0.4, -0.2) is 58.7 Å². The van der Waals surface area contributed by atoms with Crippen molar-refractivity contribution in [3.63, 3.8) is 0 Å². The first-order chi connectivity index (χ1) is 11.8. The molecule has 3 heterocycles. The summed E-state index contributed by atoms with van der Waals surface area (Å²) in [6.45, 7) is 2.41. The van der Waals surface area contributed by atoms with Crippen LogP contribution in [-0.2, 0) is 30.2 Å². The SMILES string of the molecule is CN(Cc1nc(C2CCN(S(C)(=O)=O)CC2)no1)Cc1cccn1C. The summed E-state index contributed by atoms with van der Waals surface area (Å²) in [6.07, 6.45) is 4.73. The van der Waals surface area contributed by atoms with E-state index in [1.165, 1.54) is 16.3 Å². The third-order valence-electron chi connectivity index (χ3n) is 4.66. The standard InChI is InChI=1S/C16H25N5O3S/c1-19(11-14-5-4-8-20(14)2)12-15-17-16(18-24-15)13-6-9-21(10-7-13)25(3,22)23/h4-5,8,13H,6-7,9-12H2,1-3H3. The molecule has 0 spiro atoms. The van der Waals surface area contributed by atoms with Crippen molar-refractivity contribution in [2.24, 2.45) is 7.05 Å². The summed E-state index contributed by atoms with van der Waals surface area (Å²) in [6, 6.07) is 4.11. The number of aromatic nitrogens is 3. The molecular weight excluding hydrogens is 342 g/mol. The largest absolute Gasteiger partial charge is 0.353 e. The van der Waals surface area contributed by atoms with Crippen LogP contribution in [0.5, 0.6) is 0 Å². The molecule has 3 rings (SSSR count). The van der Waals surface area contributed by atoms with E-state index in [1.54, 1.807) is 0 Å². The Kier molecular flexibility index (Phi) is 5.26. The summed E-state index contributed by atoms with van der Waals surface area (Å²) in [5.41, 5.74) is 1.22. The predicted molar refractivity (Wildman–Crippen MR) is 93.3 cm³/mol. The zero-order chi connectivity index (χ0) is 18.0. The molecule has 2 aromatic rings. The van der Waals surface area contributed by atoms with Gasteiger partial charge in [0.1, 0.15) is 0 Å². The molecule has 0 saturated carbocycles. The molecule has 0 radical (unpaired) electrons. The molecule has 0 aromatic carbocycles. The zero-order valence-corrected chi connectivity index (χ0v) is 15.7. The summed E-state index contributed by atoms with van der Waals surface area (Å²) in [5, 5.41) is 4.11. The highest BCUT2D eigenvalue weighted by molar-refractivity contribution is 7.88. The van der Waals surface area contributed by atoms with Crippen LogP contribution in [0, 0.1) is 0 Å². The fraction of sp³-hybridized carbons (Fsp3) is 0.625. The van der Waals surface area contributed by atoms with E-state index in [4.69, 9.17) is 4.52 Å². The Morgan fingerprint density at radius 3 is 2.64 bits per heavy atom. The molecule has 0 unspecified atom stereocenters. The topological polar surface area (TPSA) is 84.5 Å². The van der Waals surface area contributed by atoms with Crippen molar-refractivity contribution >= 4 is 10.0 Å². The van der Waals surface area contributed by atoms with Crippen molar-refractivity contribution in [1.29, 1.82) is 0 Å². The molecule has 0 amide bonds. The van der Waals surface area contributed by atoms with E-state index >= 15 is 0 Å². The lowest BCUT2D eigenvalue weighted by atomic mass is 9.98. The first kappa shape index (κ1) is 18.1. The highest BCUT2D eigenvalue weighted by atomic mass is 32.2. The molecule has 1 aliphatic rings. The molecule has 138 valence electrons. The van der Waals surface area contributed by atoms with Crippen LogP contribution < -0.4 is 0 Å². The Morgan fingerprint density at radius 1 is 1.32 bits per heavy atom. The Bertz CT molecular complexity index is 805. The maximum absolute atomic E-state index is 11.6. The Balaban J connectivity index is 1.55. The molecule has 0 N–H and O–H groups in total. The number of aryl methyl sites for hydroxylation is 1. The molecule has 1 saturated heterocycles. The molecule has 0 bridgehead atoms. The van der Waals surface area contributed by atoms with E-state index in [0.29, 0.717) is 31.3 Å². The Labute approximate surface area is 148 Å². The second kappa shape index (κ2) is 7.27. The normalized spacial score (nSPS) is 17.4.